The first-order valence-corrected chi connectivity index (χ1v) is 9.94. The second-order valence-electron chi connectivity index (χ2n) is 7.25. The molecule has 4 rings (SSSR count). The summed E-state index contributed by atoms with van der Waals surface area (Å²) < 4.78 is 5.17. The van der Waals surface area contributed by atoms with Crippen molar-refractivity contribution in [2.24, 2.45) is 0 Å². The van der Waals surface area contributed by atoms with Crippen molar-refractivity contribution < 1.29 is 14.3 Å². The molecule has 1 aromatic heterocycles. The van der Waals surface area contributed by atoms with Gasteiger partial charge in [0.05, 0.1) is 24.9 Å². The Bertz CT molecular complexity index is 837. The molecular weight excluding hydrogens is 362 g/mol. The maximum Gasteiger partial charge on any atom is 0.253 e. The van der Waals surface area contributed by atoms with E-state index in [9.17, 15) is 9.59 Å². The van der Waals surface area contributed by atoms with Crippen LogP contribution in [0.2, 0.25) is 0 Å². The summed E-state index contributed by atoms with van der Waals surface area (Å²) in [6.45, 7) is 2.31. The molecule has 2 fully saturated rings. The Labute approximate surface area is 162 Å². The van der Waals surface area contributed by atoms with Crippen LogP contribution in [0, 0.1) is 0 Å². The predicted octanol–water partition coefficient (Wildman–Crippen LogP) is 2.32. The van der Waals surface area contributed by atoms with Gasteiger partial charge in [0.1, 0.15) is 5.75 Å². The maximum atomic E-state index is 12.9. The number of thiophene rings is 1. The third-order valence-corrected chi connectivity index (χ3v) is 6.38. The summed E-state index contributed by atoms with van der Waals surface area (Å²) in [5.41, 5.74) is 1.42. The summed E-state index contributed by atoms with van der Waals surface area (Å²) >= 11 is 1.59. The third-order valence-electron chi connectivity index (χ3n) is 5.71. The number of ether oxygens (including phenoxy) is 1. The minimum atomic E-state index is -0.196. The number of nitrogens with zero attached hydrogens (tertiary/aromatic N) is 3. The standard InChI is InChI=1S/C20H23N3O3S/c1-21-11-18(24)23(16-7-10-27-12-16)14-20(21)8-9-22(13-20)19(25)15-3-5-17(26-2)6-4-15/h3-7,10,12H,8-9,11,13-14H2,1-2H3/t20-/m0/s1. The smallest absolute Gasteiger partial charge is 0.253 e. The number of amides is 2. The number of carbonyl (C=O) groups excluding carboxylic acids is 2. The molecule has 1 spiro atoms. The van der Waals surface area contributed by atoms with Gasteiger partial charge in [0.25, 0.3) is 5.91 Å². The van der Waals surface area contributed by atoms with Gasteiger partial charge in [0.2, 0.25) is 5.91 Å². The van der Waals surface area contributed by atoms with Gasteiger partial charge in [-0.1, -0.05) is 0 Å². The zero-order chi connectivity index (χ0) is 19.0. The van der Waals surface area contributed by atoms with Crippen LogP contribution in [0.5, 0.6) is 5.75 Å². The predicted molar refractivity (Wildman–Crippen MR) is 106 cm³/mol. The van der Waals surface area contributed by atoms with E-state index in [1.165, 1.54) is 0 Å². The summed E-state index contributed by atoms with van der Waals surface area (Å²) in [4.78, 5) is 31.4. The first kappa shape index (κ1) is 18.0. The average molecular weight is 385 g/mol. The lowest BCUT2D eigenvalue weighted by molar-refractivity contribution is -0.123. The van der Waals surface area contributed by atoms with E-state index in [1.54, 1.807) is 30.6 Å². The van der Waals surface area contributed by atoms with E-state index in [1.807, 2.05) is 45.8 Å². The fourth-order valence-electron chi connectivity index (χ4n) is 3.99. The van der Waals surface area contributed by atoms with Crippen LogP contribution >= 0.6 is 11.3 Å². The second kappa shape index (κ2) is 6.98. The Hall–Kier alpha value is -2.38. The minimum absolute atomic E-state index is 0.0295. The highest BCUT2D eigenvalue weighted by Gasteiger charge is 2.48. The summed E-state index contributed by atoms with van der Waals surface area (Å²) in [6, 6.07) is 9.21. The first-order chi connectivity index (χ1) is 13.0. The van der Waals surface area contributed by atoms with E-state index < -0.39 is 0 Å². The third kappa shape index (κ3) is 3.21. The van der Waals surface area contributed by atoms with Crippen LogP contribution in [0.4, 0.5) is 5.69 Å². The van der Waals surface area contributed by atoms with Crippen molar-refractivity contribution in [1.29, 1.82) is 0 Å². The van der Waals surface area contributed by atoms with Crippen molar-refractivity contribution in [3.63, 3.8) is 0 Å². The number of hydrogen-bond acceptors (Lipinski definition) is 5. The molecule has 142 valence electrons. The van der Waals surface area contributed by atoms with Gasteiger partial charge in [-0.05, 0) is 49.2 Å². The van der Waals surface area contributed by atoms with E-state index in [0.717, 1.165) is 17.9 Å². The molecule has 0 bridgehead atoms. The Morgan fingerprint density at radius 1 is 1.19 bits per heavy atom. The monoisotopic (exact) mass is 385 g/mol. The van der Waals surface area contributed by atoms with Gasteiger partial charge in [-0.15, -0.1) is 0 Å². The molecule has 0 radical (unpaired) electrons. The molecule has 2 amide bonds. The topological polar surface area (TPSA) is 53.1 Å². The fourth-order valence-corrected chi connectivity index (χ4v) is 4.63. The first-order valence-electron chi connectivity index (χ1n) is 8.99. The van der Waals surface area contributed by atoms with Gasteiger partial charge >= 0.3 is 0 Å². The van der Waals surface area contributed by atoms with Gasteiger partial charge in [-0.2, -0.15) is 11.3 Å². The number of likely N-dealkylation sites (tertiary alicyclic amines) is 1. The van der Waals surface area contributed by atoms with Crippen molar-refractivity contribution in [2.75, 3.05) is 45.2 Å². The largest absolute Gasteiger partial charge is 0.497 e. The van der Waals surface area contributed by atoms with Gasteiger partial charge < -0.3 is 14.5 Å². The number of piperazine rings is 1. The van der Waals surface area contributed by atoms with Crippen molar-refractivity contribution in [3.05, 3.63) is 46.7 Å². The Morgan fingerprint density at radius 3 is 2.63 bits per heavy atom. The van der Waals surface area contributed by atoms with Crippen LogP contribution in [-0.2, 0) is 4.79 Å². The van der Waals surface area contributed by atoms with E-state index >= 15 is 0 Å². The van der Waals surface area contributed by atoms with E-state index in [4.69, 9.17) is 4.74 Å². The summed E-state index contributed by atoms with van der Waals surface area (Å²) in [5.74, 6) is 0.879. The van der Waals surface area contributed by atoms with Gasteiger partial charge in [0, 0.05) is 30.6 Å². The lowest BCUT2D eigenvalue weighted by Gasteiger charge is -2.46. The molecule has 7 heteroatoms. The highest BCUT2D eigenvalue weighted by Crippen LogP contribution is 2.34. The number of rotatable bonds is 3. The number of benzene rings is 1. The van der Waals surface area contributed by atoms with Crippen LogP contribution in [0.3, 0.4) is 0 Å². The quantitative estimate of drug-likeness (QED) is 0.814. The molecule has 2 aliphatic heterocycles. The molecule has 0 saturated carbocycles. The zero-order valence-electron chi connectivity index (χ0n) is 15.6. The molecule has 2 aliphatic rings. The fraction of sp³-hybridized carbons (Fsp3) is 0.400. The van der Waals surface area contributed by atoms with E-state index in [0.29, 0.717) is 31.7 Å². The van der Waals surface area contributed by atoms with Crippen molar-refractivity contribution >= 4 is 28.8 Å². The average Bonchev–Trinajstić information content (AvgIpc) is 3.35. The molecule has 1 atom stereocenters. The summed E-state index contributed by atoms with van der Waals surface area (Å²) in [6.07, 6.45) is 0.860. The van der Waals surface area contributed by atoms with Crippen LogP contribution in [0.1, 0.15) is 16.8 Å². The van der Waals surface area contributed by atoms with E-state index in [2.05, 4.69) is 4.90 Å². The number of carbonyl (C=O) groups is 2. The molecule has 0 aliphatic carbocycles. The molecule has 0 N–H and O–H groups in total. The SMILES string of the molecule is COc1ccc(C(=O)N2CC[C@]3(C2)CN(c2ccsc2)C(=O)CN3C)cc1. The Morgan fingerprint density at radius 2 is 1.96 bits per heavy atom. The number of methoxy groups -OCH3 is 1. The summed E-state index contributed by atoms with van der Waals surface area (Å²) in [7, 11) is 3.60. The normalized spacial score (nSPS) is 23.3. The molecule has 0 unspecified atom stereocenters. The van der Waals surface area contributed by atoms with Gasteiger partial charge in [-0.25, -0.2) is 0 Å². The van der Waals surface area contributed by atoms with Gasteiger partial charge in [-0.3, -0.25) is 14.5 Å². The lowest BCUT2D eigenvalue weighted by Crippen LogP contribution is -2.64. The molecule has 2 saturated heterocycles. The van der Waals surface area contributed by atoms with Crippen molar-refractivity contribution in [1.82, 2.24) is 9.80 Å². The molecule has 2 aromatic rings. The Kier molecular flexibility index (Phi) is 4.65. The Balaban J connectivity index is 1.52. The van der Waals surface area contributed by atoms with Crippen LogP contribution in [0.15, 0.2) is 41.1 Å². The molecular formula is C20H23N3O3S. The second-order valence-corrected chi connectivity index (χ2v) is 8.03. The highest BCUT2D eigenvalue weighted by molar-refractivity contribution is 7.08. The number of anilines is 1. The molecule has 3 heterocycles. The highest BCUT2D eigenvalue weighted by atomic mass is 32.1. The summed E-state index contributed by atoms with van der Waals surface area (Å²) in [5, 5.41) is 3.99. The number of likely N-dealkylation sites (N-methyl/N-ethyl adjacent to an activating group) is 1. The maximum absolute atomic E-state index is 12.9. The van der Waals surface area contributed by atoms with Crippen LogP contribution in [-0.4, -0.2) is 67.5 Å². The van der Waals surface area contributed by atoms with Crippen LogP contribution < -0.4 is 9.64 Å². The van der Waals surface area contributed by atoms with Crippen LogP contribution in [0.25, 0.3) is 0 Å². The molecule has 27 heavy (non-hydrogen) atoms. The molecule has 6 nitrogen and oxygen atoms in total. The van der Waals surface area contributed by atoms with Crippen molar-refractivity contribution in [3.8, 4) is 5.75 Å². The number of hydrogen-bond donors (Lipinski definition) is 0. The van der Waals surface area contributed by atoms with Gasteiger partial charge in [0.15, 0.2) is 0 Å². The molecule has 1 aromatic carbocycles. The van der Waals surface area contributed by atoms with E-state index in [-0.39, 0.29) is 17.4 Å². The van der Waals surface area contributed by atoms with Crippen molar-refractivity contribution in [2.45, 2.75) is 12.0 Å². The lowest BCUT2D eigenvalue weighted by atomic mass is 9.93. The minimum Gasteiger partial charge on any atom is -0.497 e. The zero-order valence-corrected chi connectivity index (χ0v) is 16.4.